The average Bonchev–Trinajstić information content (AvgIpc) is 2.73. The predicted octanol–water partition coefficient (Wildman–Crippen LogP) is 2.03. The molecular weight excluding hydrogens is 393 g/mol. The lowest BCUT2D eigenvalue weighted by Crippen LogP contribution is -2.50. The van der Waals surface area contributed by atoms with Crippen LogP contribution in [-0.2, 0) is 21.2 Å². The maximum Gasteiger partial charge on any atom is 0.220 e. The van der Waals surface area contributed by atoms with Gasteiger partial charge in [-0.2, -0.15) is 4.31 Å². The normalized spacial score (nSPS) is 15.3. The average molecular weight is 420 g/mol. The van der Waals surface area contributed by atoms with Gasteiger partial charge in [-0.25, -0.2) is 12.8 Å². The largest absolute Gasteiger partial charge is 0.369 e. The molecule has 1 amide bonds. The molecule has 156 valence electrons. The Kier molecular flexibility index (Phi) is 7.22. The van der Waals surface area contributed by atoms with Crippen LogP contribution in [0.1, 0.15) is 12.0 Å². The van der Waals surface area contributed by atoms with Crippen molar-refractivity contribution in [3.05, 3.63) is 66.0 Å². The molecule has 6 nitrogen and oxygen atoms in total. The number of sulfonamides is 1. The number of benzene rings is 2. The van der Waals surface area contributed by atoms with Crippen molar-refractivity contribution >= 4 is 21.6 Å². The summed E-state index contributed by atoms with van der Waals surface area (Å²) in [6, 6.07) is 15.9. The number of piperazine rings is 1. The number of hydrogen-bond donors (Lipinski definition) is 1. The lowest BCUT2D eigenvalue weighted by molar-refractivity contribution is -0.120. The van der Waals surface area contributed by atoms with Gasteiger partial charge in [0.1, 0.15) is 5.82 Å². The van der Waals surface area contributed by atoms with E-state index in [1.807, 2.05) is 35.2 Å². The van der Waals surface area contributed by atoms with E-state index in [-0.39, 0.29) is 24.0 Å². The minimum Gasteiger partial charge on any atom is -0.369 e. The molecule has 0 aromatic heterocycles. The fourth-order valence-corrected chi connectivity index (χ4v) is 4.65. The highest BCUT2D eigenvalue weighted by Crippen LogP contribution is 2.18. The molecule has 0 bridgehead atoms. The number of carbonyl (C=O) groups excluding carboxylic acids is 1. The summed E-state index contributed by atoms with van der Waals surface area (Å²) in [6.45, 7) is 1.96. The molecule has 3 rings (SSSR count). The molecule has 2 aromatic carbocycles. The van der Waals surface area contributed by atoms with E-state index >= 15 is 0 Å². The SMILES string of the molecule is O=C(CCc1ccccc1)NCCS(=O)(=O)N1CCN(c2ccc(F)cc2)CC1. The maximum atomic E-state index is 13.0. The zero-order chi connectivity index (χ0) is 20.7. The lowest BCUT2D eigenvalue weighted by Gasteiger charge is -2.35. The summed E-state index contributed by atoms with van der Waals surface area (Å²) in [5.74, 6) is -0.549. The molecule has 1 aliphatic rings. The summed E-state index contributed by atoms with van der Waals surface area (Å²) in [7, 11) is -3.43. The van der Waals surface area contributed by atoms with Gasteiger partial charge in [-0.3, -0.25) is 4.79 Å². The maximum absolute atomic E-state index is 13.0. The van der Waals surface area contributed by atoms with Gasteiger partial charge in [-0.05, 0) is 36.2 Å². The highest BCUT2D eigenvalue weighted by Gasteiger charge is 2.26. The molecule has 1 heterocycles. The first-order valence-corrected chi connectivity index (χ1v) is 11.3. The molecule has 29 heavy (non-hydrogen) atoms. The minimum atomic E-state index is -3.43. The van der Waals surface area contributed by atoms with Gasteiger partial charge in [-0.15, -0.1) is 0 Å². The Labute approximate surface area is 171 Å². The number of nitrogens with one attached hydrogen (secondary N) is 1. The van der Waals surface area contributed by atoms with Crippen LogP contribution in [0.25, 0.3) is 0 Å². The van der Waals surface area contributed by atoms with Crippen molar-refractivity contribution in [1.82, 2.24) is 9.62 Å². The molecular formula is C21H26FN3O3S. The standard InChI is InChI=1S/C21H26FN3O3S/c22-19-7-9-20(10-8-19)24-13-15-25(16-14-24)29(27,28)17-12-23-21(26)11-6-18-4-2-1-3-5-18/h1-5,7-10H,6,11-17H2,(H,23,26). The molecule has 0 atom stereocenters. The lowest BCUT2D eigenvalue weighted by atomic mass is 10.1. The number of nitrogens with zero attached hydrogens (tertiary/aromatic N) is 2. The Morgan fingerprint density at radius 3 is 2.28 bits per heavy atom. The molecule has 2 aromatic rings. The number of rotatable bonds is 8. The Bertz CT molecular complexity index is 897. The molecule has 8 heteroatoms. The van der Waals surface area contributed by atoms with E-state index in [0.717, 1.165) is 11.3 Å². The van der Waals surface area contributed by atoms with Gasteiger partial charge in [0.15, 0.2) is 0 Å². The van der Waals surface area contributed by atoms with Crippen LogP contribution >= 0.6 is 0 Å². The van der Waals surface area contributed by atoms with Crippen LogP contribution in [0.5, 0.6) is 0 Å². The number of hydrogen-bond acceptors (Lipinski definition) is 4. The second-order valence-corrected chi connectivity index (χ2v) is 9.10. The summed E-state index contributed by atoms with van der Waals surface area (Å²) in [4.78, 5) is 14.0. The van der Waals surface area contributed by atoms with E-state index in [4.69, 9.17) is 0 Å². The number of halogens is 1. The second kappa shape index (κ2) is 9.84. The Balaban J connectivity index is 1.39. The summed E-state index contributed by atoms with van der Waals surface area (Å²) < 4.78 is 39.6. The van der Waals surface area contributed by atoms with Gasteiger partial charge >= 0.3 is 0 Å². The van der Waals surface area contributed by atoms with E-state index in [1.165, 1.54) is 16.4 Å². The van der Waals surface area contributed by atoms with Crippen LogP contribution in [0.15, 0.2) is 54.6 Å². The molecule has 0 aliphatic carbocycles. The second-order valence-electron chi connectivity index (χ2n) is 7.01. The number of amides is 1. The topological polar surface area (TPSA) is 69.7 Å². The van der Waals surface area contributed by atoms with Crippen LogP contribution in [0, 0.1) is 5.82 Å². The van der Waals surface area contributed by atoms with Crippen LogP contribution < -0.4 is 10.2 Å². The van der Waals surface area contributed by atoms with Crippen molar-refractivity contribution in [2.24, 2.45) is 0 Å². The molecule has 0 unspecified atom stereocenters. The Morgan fingerprint density at radius 2 is 1.62 bits per heavy atom. The van der Waals surface area contributed by atoms with Crippen molar-refractivity contribution in [1.29, 1.82) is 0 Å². The van der Waals surface area contributed by atoms with E-state index < -0.39 is 10.0 Å². The Morgan fingerprint density at radius 1 is 0.966 bits per heavy atom. The third-order valence-corrected chi connectivity index (χ3v) is 6.86. The molecule has 0 saturated carbocycles. The molecule has 1 N–H and O–H groups in total. The van der Waals surface area contributed by atoms with Crippen molar-refractivity contribution in [2.75, 3.05) is 43.4 Å². The third-order valence-electron chi connectivity index (χ3n) is 4.99. The quantitative estimate of drug-likeness (QED) is 0.711. The summed E-state index contributed by atoms with van der Waals surface area (Å²) in [5, 5.41) is 2.70. The summed E-state index contributed by atoms with van der Waals surface area (Å²) in [6.07, 6.45) is 0.963. The van der Waals surface area contributed by atoms with Crippen LogP contribution in [0.4, 0.5) is 10.1 Å². The highest BCUT2D eigenvalue weighted by molar-refractivity contribution is 7.89. The van der Waals surface area contributed by atoms with Gasteiger partial charge < -0.3 is 10.2 Å². The van der Waals surface area contributed by atoms with Crippen molar-refractivity contribution in [2.45, 2.75) is 12.8 Å². The first-order chi connectivity index (χ1) is 13.9. The van der Waals surface area contributed by atoms with Crippen molar-refractivity contribution in [3.8, 4) is 0 Å². The van der Waals surface area contributed by atoms with E-state index in [2.05, 4.69) is 5.32 Å². The van der Waals surface area contributed by atoms with Crippen LogP contribution in [0.2, 0.25) is 0 Å². The van der Waals surface area contributed by atoms with Gasteiger partial charge in [0, 0.05) is 44.8 Å². The van der Waals surface area contributed by atoms with Crippen LogP contribution in [0.3, 0.4) is 0 Å². The fraction of sp³-hybridized carbons (Fsp3) is 0.381. The van der Waals surface area contributed by atoms with E-state index in [0.29, 0.717) is 39.0 Å². The number of carbonyl (C=O) groups is 1. The first kappa shape index (κ1) is 21.3. The van der Waals surface area contributed by atoms with Gasteiger partial charge in [0.25, 0.3) is 0 Å². The van der Waals surface area contributed by atoms with E-state index in [1.54, 1.807) is 12.1 Å². The zero-order valence-corrected chi connectivity index (χ0v) is 17.1. The van der Waals surface area contributed by atoms with Gasteiger partial charge in [0.05, 0.1) is 5.75 Å². The molecule has 1 aliphatic heterocycles. The monoisotopic (exact) mass is 419 g/mol. The highest BCUT2D eigenvalue weighted by atomic mass is 32.2. The smallest absolute Gasteiger partial charge is 0.220 e. The number of aryl methyl sites for hydroxylation is 1. The minimum absolute atomic E-state index is 0.105. The summed E-state index contributed by atoms with van der Waals surface area (Å²) >= 11 is 0. The predicted molar refractivity (Wildman–Crippen MR) is 112 cm³/mol. The molecule has 0 radical (unpaired) electrons. The van der Waals surface area contributed by atoms with Crippen molar-refractivity contribution < 1.29 is 17.6 Å². The first-order valence-electron chi connectivity index (χ1n) is 9.73. The summed E-state index contributed by atoms with van der Waals surface area (Å²) in [5.41, 5.74) is 1.96. The fourth-order valence-electron chi connectivity index (χ4n) is 3.32. The van der Waals surface area contributed by atoms with Crippen molar-refractivity contribution in [3.63, 3.8) is 0 Å². The zero-order valence-electron chi connectivity index (χ0n) is 16.3. The molecule has 1 saturated heterocycles. The van der Waals surface area contributed by atoms with Gasteiger partial charge in [-0.1, -0.05) is 30.3 Å². The molecule has 1 fully saturated rings. The van der Waals surface area contributed by atoms with Crippen LogP contribution in [-0.4, -0.2) is 57.1 Å². The third kappa shape index (κ3) is 6.27. The Hall–Kier alpha value is -2.45. The number of anilines is 1. The van der Waals surface area contributed by atoms with E-state index in [9.17, 15) is 17.6 Å². The van der Waals surface area contributed by atoms with Gasteiger partial charge in [0.2, 0.25) is 15.9 Å². The molecule has 0 spiro atoms.